The molecule has 0 spiro atoms. The standard InChI is InChI=1S/C14H15NO2/c1-8-3-4-9(2)12-11(8)13(16)14(17)15(12)7-10-5-6-10/h3-4,10H,5-7H2,1-2H3. The molecule has 0 saturated heterocycles. The highest BCUT2D eigenvalue weighted by molar-refractivity contribution is 6.52. The number of hydrogen-bond donors (Lipinski definition) is 0. The number of fused-ring (bicyclic) bond motifs is 1. The Morgan fingerprint density at radius 2 is 1.82 bits per heavy atom. The molecule has 1 amide bonds. The molecule has 0 bridgehead atoms. The molecule has 17 heavy (non-hydrogen) atoms. The second kappa shape index (κ2) is 3.42. The highest BCUT2D eigenvalue weighted by Crippen LogP contribution is 2.38. The molecule has 1 aromatic rings. The van der Waals surface area contributed by atoms with Gasteiger partial charge in [0.05, 0.1) is 11.3 Å². The number of hydrogen-bond acceptors (Lipinski definition) is 2. The summed E-state index contributed by atoms with van der Waals surface area (Å²) in [6.07, 6.45) is 2.36. The van der Waals surface area contributed by atoms with Crippen LogP contribution in [0.1, 0.15) is 34.3 Å². The highest BCUT2D eigenvalue weighted by Gasteiger charge is 2.40. The minimum Gasteiger partial charge on any atom is -0.304 e. The number of aryl methyl sites for hydroxylation is 2. The first-order chi connectivity index (χ1) is 8.09. The Balaban J connectivity index is 2.13. The van der Waals surface area contributed by atoms with Crippen LogP contribution in [0.15, 0.2) is 12.1 Å². The monoisotopic (exact) mass is 229 g/mol. The molecule has 1 saturated carbocycles. The molecule has 3 nitrogen and oxygen atoms in total. The lowest BCUT2D eigenvalue weighted by atomic mass is 10.0. The van der Waals surface area contributed by atoms with Crippen molar-refractivity contribution in [1.82, 2.24) is 0 Å². The first-order valence-electron chi connectivity index (χ1n) is 6.06. The Hall–Kier alpha value is -1.64. The van der Waals surface area contributed by atoms with Crippen LogP contribution < -0.4 is 4.90 Å². The minimum atomic E-state index is -0.343. The van der Waals surface area contributed by atoms with Gasteiger partial charge in [-0.1, -0.05) is 12.1 Å². The van der Waals surface area contributed by atoms with Crippen molar-refractivity contribution < 1.29 is 9.59 Å². The lowest BCUT2D eigenvalue weighted by Gasteiger charge is -2.18. The van der Waals surface area contributed by atoms with E-state index in [-0.39, 0.29) is 11.7 Å². The van der Waals surface area contributed by atoms with Crippen LogP contribution in [0.25, 0.3) is 0 Å². The first kappa shape index (κ1) is 10.5. The Kier molecular flexibility index (Phi) is 2.12. The van der Waals surface area contributed by atoms with Crippen molar-refractivity contribution in [2.24, 2.45) is 5.92 Å². The Labute approximate surface area is 100 Å². The summed E-state index contributed by atoms with van der Waals surface area (Å²) >= 11 is 0. The fourth-order valence-corrected chi connectivity index (χ4v) is 2.49. The van der Waals surface area contributed by atoms with E-state index in [1.54, 1.807) is 4.90 Å². The Bertz CT molecular complexity index is 529. The van der Waals surface area contributed by atoms with Gasteiger partial charge in [-0.2, -0.15) is 0 Å². The van der Waals surface area contributed by atoms with Crippen molar-refractivity contribution in [3.05, 3.63) is 28.8 Å². The summed E-state index contributed by atoms with van der Waals surface area (Å²) in [5, 5.41) is 0. The number of carbonyl (C=O) groups excluding carboxylic acids is 2. The fraction of sp³-hybridized carbons (Fsp3) is 0.429. The molecule has 0 aromatic heterocycles. The molecule has 1 aromatic carbocycles. The van der Waals surface area contributed by atoms with Crippen LogP contribution >= 0.6 is 0 Å². The number of anilines is 1. The molecule has 3 rings (SSSR count). The van der Waals surface area contributed by atoms with E-state index in [2.05, 4.69) is 0 Å². The molecule has 1 aliphatic heterocycles. The average Bonchev–Trinajstić information content (AvgIpc) is 3.07. The van der Waals surface area contributed by atoms with Gasteiger partial charge in [-0.05, 0) is 43.7 Å². The zero-order chi connectivity index (χ0) is 12.2. The first-order valence-corrected chi connectivity index (χ1v) is 6.06. The van der Waals surface area contributed by atoms with Crippen molar-refractivity contribution in [3.8, 4) is 0 Å². The van der Waals surface area contributed by atoms with Crippen molar-refractivity contribution in [2.75, 3.05) is 11.4 Å². The van der Waals surface area contributed by atoms with E-state index in [1.807, 2.05) is 26.0 Å². The average molecular weight is 229 g/mol. The second-order valence-corrected chi connectivity index (χ2v) is 5.11. The lowest BCUT2D eigenvalue weighted by molar-refractivity contribution is -0.114. The zero-order valence-electron chi connectivity index (χ0n) is 10.1. The highest BCUT2D eigenvalue weighted by atomic mass is 16.2. The molecular formula is C14H15NO2. The predicted molar refractivity (Wildman–Crippen MR) is 65.3 cm³/mol. The maximum absolute atomic E-state index is 12.0. The maximum atomic E-state index is 12.0. The van der Waals surface area contributed by atoms with E-state index in [0.29, 0.717) is 18.0 Å². The van der Waals surface area contributed by atoms with E-state index in [1.165, 1.54) is 12.8 Å². The number of carbonyl (C=O) groups is 2. The zero-order valence-corrected chi connectivity index (χ0v) is 10.1. The Morgan fingerprint density at radius 3 is 2.47 bits per heavy atom. The summed E-state index contributed by atoms with van der Waals surface area (Å²) in [5.74, 6) is -0.0798. The third-order valence-corrected chi connectivity index (χ3v) is 3.66. The van der Waals surface area contributed by atoms with Crippen LogP contribution in [0.2, 0.25) is 0 Å². The largest absolute Gasteiger partial charge is 0.304 e. The summed E-state index contributed by atoms with van der Waals surface area (Å²) < 4.78 is 0. The number of nitrogens with zero attached hydrogens (tertiary/aromatic N) is 1. The normalized spacial score (nSPS) is 18.8. The van der Waals surface area contributed by atoms with E-state index < -0.39 is 0 Å². The SMILES string of the molecule is Cc1ccc(C)c2c1C(=O)C(=O)N2CC1CC1. The third-order valence-electron chi connectivity index (χ3n) is 3.66. The lowest BCUT2D eigenvalue weighted by Crippen LogP contribution is -2.31. The van der Waals surface area contributed by atoms with Gasteiger partial charge in [-0.25, -0.2) is 0 Å². The molecule has 0 atom stereocenters. The van der Waals surface area contributed by atoms with Crippen molar-refractivity contribution >= 4 is 17.4 Å². The number of benzene rings is 1. The molecule has 1 heterocycles. The number of rotatable bonds is 2. The van der Waals surface area contributed by atoms with Crippen molar-refractivity contribution in [1.29, 1.82) is 0 Å². The van der Waals surface area contributed by atoms with Gasteiger partial charge in [-0.15, -0.1) is 0 Å². The minimum absolute atomic E-state index is 0.332. The van der Waals surface area contributed by atoms with Crippen LogP contribution in [-0.4, -0.2) is 18.2 Å². The number of amides is 1. The number of ketones is 1. The van der Waals surface area contributed by atoms with Crippen LogP contribution in [0.5, 0.6) is 0 Å². The van der Waals surface area contributed by atoms with Crippen molar-refractivity contribution in [2.45, 2.75) is 26.7 Å². The van der Waals surface area contributed by atoms with E-state index in [4.69, 9.17) is 0 Å². The summed E-state index contributed by atoms with van der Waals surface area (Å²) in [6, 6.07) is 3.90. The summed E-state index contributed by atoms with van der Waals surface area (Å²) in [6.45, 7) is 4.57. The third kappa shape index (κ3) is 1.49. The molecule has 0 N–H and O–H groups in total. The second-order valence-electron chi connectivity index (χ2n) is 5.11. The molecule has 1 aliphatic carbocycles. The van der Waals surface area contributed by atoms with Crippen LogP contribution in [0.3, 0.4) is 0 Å². The van der Waals surface area contributed by atoms with Crippen LogP contribution in [0.4, 0.5) is 5.69 Å². The predicted octanol–water partition coefficient (Wildman–Crippen LogP) is 2.24. The van der Waals surface area contributed by atoms with Gasteiger partial charge in [0, 0.05) is 6.54 Å². The fourth-order valence-electron chi connectivity index (χ4n) is 2.49. The topological polar surface area (TPSA) is 37.4 Å². The smallest absolute Gasteiger partial charge is 0.299 e. The molecule has 0 unspecified atom stereocenters. The quantitative estimate of drug-likeness (QED) is 0.729. The number of Topliss-reactive ketones (excluding diaryl/α,β-unsaturated/α-hetero) is 1. The van der Waals surface area contributed by atoms with Gasteiger partial charge in [0.15, 0.2) is 0 Å². The van der Waals surface area contributed by atoms with Gasteiger partial charge in [0.1, 0.15) is 0 Å². The summed E-state index contributed by atoms with van der Waals surface area (Å²) in [5.41, 5.74) is 3.40. The van der Waals surface area contributed by atoms with E-state index in [9.17, 15) is 9.59 Å². The van der Waals surface area contributed by atoms with E-state index >= 15 is 0 Å². The van der Waals surface area contributed by atoms with Gasteiger partial charge in [0.2, 0.25) is 0 Å². The molecular weight excluding hydrogens is 214 g/mol. The van der Waals surface area contributed by atoms with Gasteiger partial charge in [0.25, 0.3) is 11.7 Å². The summed E-state index contributed by atoms with van der Waals surface area (Å²) in [7, 11) is 0. The summed E-state index contributed by atoms with van der Waals surface area (Å²) in [4.78, 5) is 25.7. The van der Waals surface area contributed by atoms with E-state index in [0.717, 1.165) is 16.8 Å². The van der Waals surface area contributed by atoms with Crippen LogP contribution in [0, 0.1) is 19.8 Å². The molecule has 2 aliphatic rings. The van der Waals surface area contributed by atoms with Gasteiger partial charge < -0.3 is 4.90 Å². The van der Waals surface area contributed by atoms with Crippen LogP contribution in [-0.2, 0) is 4.79 Å². The van der Waals surface area contributed by atoms with Gasteiger partial charge in [-0.3, -0.25) is 9.59 Å². The molecule has 0 radical (unpaired) electrons. The molecule has 1 fully saturated rings. The molecule has 3 heteroatoms. The Morgan fingerprint density at radius 1 is 1.18 bits per heavy atom. The maximum Gasteiger partial charge on any atom is 0.299 e. The molecule has 88 valence electrons. The van der Waals surface area contributed by atoms with Gasteiger partial charge >= 0.3 is 0 Å². The van der Waals surface area contributed by atoms with Crippen molar-refractivity contribution in [3.63, 3.8) is 0 Å².